The number of carbonyl (C=O) groups excluding carboxylic acids is 2. The van der Waals surface area contributed by atoms with E-state index < -0.39 is 9.84 Å². The van der Waals surface area contributed by atoms with Gasteiger partial charge in [0.25, 0.3) is 5.91 Å². The lowest BCUT2D eigenvalue weighted by Crippen LogP contribution is -2.50. The largest absolute Gasteiger partial charge is 0.494 e. The van der Waals surface area contributed by atoms with Gasteiger partial charge in [0, 0.05) is 49.2 Å². The van der Waals surface area contributed by atoms with Gasteiger partial charge in [-0.3, -0.25) is 9.59 Å². The number of fused-ring (bicyclic) bond motifs is 1. The Morgan fingerprint density at radius 1 is 0.900 bits per heavy atom. The number of hydrogen-bond donors (Lipinski definition) is 0. The van der Waals surface area contributed by atoms with Crippen molar-refractivity contribution >= 4 is 27.3 Å². The van der Waals surface area contributed by atoms with Crippen LogP contribution in [0.4, 0.5) is 5.69 Å². The number of para-hydroxylation sites is 1. The van der Waals surface area contributed by atoms with Crippen LogP contribution in [-0.2, 0) is 21.1 Å². The Labute approximate surface area is 235 Å². The molecule has 3 aromatic rings. The molecule has 0 radical (unpaired) electrons. The van der Waals surface area contributed by atoms with Crippen LogP contribution in [0.15, 0.2) is 72.1 Å². The van der Waals surface area contributed by atoms with Crippen LogP contribution in [-0.4, -0.2) is 66.6 Å². The van der Waals surface area contributed by atoms with Crippen molar-refractivity contribution < 1.29 is 22.7 Å². The van der Waals surface area contributed by atoms with Gasteiger partial charge in [-0.1, -0.05) is 18.2 Å². The van der Waals surface area contributed by atoms with E-state index >= 15 is 0 Å². The maximum Gasteiger partial charge on any atom is 0.253 e. The molecule has 2 aromatic carbocycles. The van der Waals surface area contributed by atoms with E-state index in [0.717, 1.165) is 24.9 Å². The van der Waals surface area contributed by atoms with E-state index in [-0.39, 0.29) is 28.8 Å². The third-order valence-electron chi connectivity index (χ3n) is 7.49. The summed E-state index contributed by atoms with van der Waals surface area (Å²) in [6.45, 7) is 1.68. The van der Waals surface area contributed by atoms with E-state index in [1.807, 2.05) is 28.0 Å². The first-order chi connectivity index (χ1) is 19.4. The predicted octanol–water partition coefficient (Wildman–Crippen LogP) is 4.08. The van der Waals surface area contributed by atoms with Gasteiger partial charge in [-0.15, -0.1) is 0 Å². The molecule has 0 aliphatic carbocycles. The summed E-state index contributed by atoms with van der Waals surface area (Å²) in [5, 5.41) is -0.131. The number of amides is 2. The van der Waals surface area contributed by atoms with Crippen LogP contribution in [0, 0.1) is 0 Å². The molecule has 5 rings (SSSR count). The molecule has 40 heavy (non-hydrogen) atoms. The summed E-state index contributed by atoms with van der Waals surface area (Å²) in [4.78, 5) is 37.3. The molecule has 0 atom stereocenters. The average Bonchev–Trinajstić information content (AvgIpc) is 2.99. The smallest absolute Gasteiger partial charge is 0.253 e. The first-order valence-corrected chi connectivity index (χ1v) is 15.5. The second kappa shape index (κ2) is 12.6. The minimum Gasteiger partial charge on any atom is -0.494 e. The van der Waals surface area contributed by atoms with Crippen molar-refractivity contribution in [3.63, 3.8) is 0 Å². The Bertz CT molecular complexity index is 1420. The normalized spacial score (nSPS) is 16.1. The summed E-state index contributed by atoms with van der Waals surface area (Å²) in [7, 11) is -3.46. The van der Waals surface area contributed by atoms with Gasteiger partial charge in [0.05, 0.1) is 12.4 Å². The first kappa shape index (κ1) is 27.8. The molecule has 10 heteroatoms. The summed E-state index contributed by atoms with van der Waals surface area (Å²) in [6, 6.07) is 17.0. The molecule has 2 aliphatic rings. The lowest BCUT2D eigenvalue weighted by Gasteiger charge is -2.41. The number of nitrogens with zero attached hydrogens (tertiary/aromatic N) is 4. The highest BCUT2D eigenvalue weighted by atomic mass is 32.2. The lowest BCUT2D eigenvalue weighted by molar-refractivity contribution is -0.119. The molecule has 1 aromatic heterocycles. The molecular weight excluding hydrogens is 528 g/mol. The van der Waals surface area contributed by atoms with E-state index in [0.29, 0.717) is 56.7 Å². The van der Waals surface area contributed by atoms with Crippen LogP contribution in [0.2, 0.25) is 0 Å². The van der Waals surface area contributed by atoms with Crippen molar-refractivity contribution in [1.82, 2.24) is 14.9 Å². The number of aromatic nitrogens is 2. The third kappa shape index (κ3) is 6.50. The zero-order valence-electron chi connectivity index (χ0n) is 22.4. The van der Waals surface area contributed by atoms with E-state index in [9.17, 15) is 18.0 Å². The van der Waals surface area contributed by atoms with Crippen molar-refractivity contribution in [1.29, 1.82) is 0 Å². The van der Waals surface area contributed by atoms with E-state index in [2.05, 4.69) is 16.0 Å². The Hall–Kier alpha value is -3.79. The number of likely N-dealkylation sites (tertiary alicyclic amines) is 1. The second-order valence-corrected chi connectivity index (χ2v) is 12.2. The molecule has 2 aliphatic heterocycles. The highest BCUT2D eigenvalue weighted by molar-refractivity contribution is 7.91. The third-order valence-corrected chi connectivity index (χ3v) is 9.09. The minimum atomic E-state index is -3.46. The molecule has 0 N–H and O–H groups in total. The Morgan fingerprint density at radius 3 is 2.38 bits per heavy atom. The molecule has 0 saturated carbocycles. The number of benzene rings is 2. The van der Waals surface area contributed by atoms with E-state index in [1.54, 1.807) is 30.3 Å². The number of sulfone groups is 1. The highest BCUT2D eigenvalue weighted by Gasteiger charge is 2.33. The Morgan fingerprint density at radius 2 is 1.62 bits per heavy atom. The number of hydrogen-bond acceptors (Lipinski definition) is 7. The van der Waals surface area contributed by atoms with Crippen LogP contribution in [0.3, 0.4) is 0 Å². The van der Waals surface area contributed by atoms with Crippen LogP contribution in [0.5, 0.6) is 5.75 Å². The number of anilines is 1. The number of ether oxygens (including phenoxy) is 1. The number of piperidine rings is 1. The van der Waals surface area contributed by atoms with E-state index in [4.69, 9.17) is 4.74 Å². The summed E-state index contributed by atoms with van der Waals surface area (Å²) < 4.78 is 30.2. The predicted molar refractivity (Wildman–Crippen MR) is 151 cm³/mol. The topological polar surface area (TPSA) is 110 Å². The van der Waals surface area contributed by atoms with Crippen molar-refractivity contribution in [2.45, 2.75) is 56.1 Å². The monoisotopic (exact) mass is 562 g/mol. The minimum absolute atomic E-state index is 0.00665. The Kier molecular flexibility index (Phi) is 8.74. The van der Waals surface area contributed by atoms with Crippen molar-refractivity contribution in [3.05, 3.63) is 78.1 Å². The molecule has 9 nitrogen and oxygen atoms in total. The van der Waals surface area contributed by atoms with Gasteiger partial charge >= 0.3 is 0 Å². The number of unbranched alkanes of at least 4 members (excludes halogenated alkanes) is 2. The van der Waals surface area contributed by atoms with Gasteiger partial charge in [0.15, 0.2) is 0 Å². The summed E-state index contributed by atoms with van der Waals surface area (Å²) in [5.74, 6) is 0.833. The molecule has 210 valence electrons. The van der Waals surface area contributed by atoms with Gasteiger partial charge in [-0.2, -0.15) is 0 Å². The molecule has 0 bridgehead atoms. The van der Waals surface area contributed by atoms with Crippen molar-refractivity contribution in [3.8, 4) is 5.75 Å². The summed E-state index contributed by atoms with van der Waals surface area (Å²) in [5.41, 5.74) is 2.85. The SMILES string of the molecule is O=C(c1ccc(OCCCCCS(=O)(=O)c2ncccn2)cc1)N1CCC(N2C(=O)CCc3ccccc32)CC1. The maximum absolute atomic E-state index is 13.1. The molecule has 0 spiro atoms. The lowest BCUT2D eigenvalue weighted by atomic mass is 9.95. The quantitative estimate of drug-likeness (QED) is 0.270. The fourth-order valence-electron chi connectivity index (χ4n) is 5.36. The molecule has 0 unspecified atom stereocenters. The van der Waals surface area contributed by atoms with Crippen molar-refractivity contribution in [2.24, 2.45) is 0 Å². The first-order valence-electron chi connectivity index (χ1n) is 13.8. The van der Waals surface area contributed by atoms with Gasteiger partial charge in [-0.25, -0.2) is 18.4 Å². The Balaban J connectivity index is 1.05. The molecule has 2 amide bonds. The van der Waals surface area contributed by atoms with E-state index in [1.165, 1.54) is 18.0 Å². The molecular formula is C30H34N4O5S. The number of carbonyl (C=O) groups is 2. The zero-order chi connectivity index (χ0) is 28.0. The fourth-order valence-corrected chi connectivity index (χ4v) is 6.57. The summed E-state index contributed by atoms with van der Waals surface area (Å²) in [6.07, 6.45) is 7.61. The van der Waals surface area contributed by atoms with Crippen molar-refractivity contribution in [2.75, 3.05) is 30.3 Å². The second-order valence-electron chi connectivity index (χ2n) is 10.2. The van der Waals surface area contributed by atoms with Gasteiger partial charge < -0.3 is 14.5 Å². The average molecular weight is 563 g/mol. The van der Waals surface area contributed by atoms with Gasteiger partial charge in [0.1, 0.15) is 5.75 Å². The standard InChI is InChI=1S/C30H34N4O5S/c35-28-14-11-23-7-2-3-8-27(23)34(28)25-15-19-33(20-16-25)29(36)24-9-12-26(13-10-24)39-21-4-1-5-22-40(37,38)30-31-17-6-18-32-30/h2-3,6-10,12-13,17-18,25H,1,4-5,11,14-16,19-22H2. The van der Waals surface area contributed by atoms with Crippen LogP contribution in [0.25, 0.3) is 0 Å². The molecule has 3 heterocycles. The molecule has 1 saturated heterocycles. The zero-order valence-corrected chi connectivity index (χ0v) is 23.3. The van der Waals surface area contributed by atoms with Gasteiger partial charge in [-0.05, 0) is 80.5 Å². The van der Waals surface area contributed by atoms with Crippen LogP contribution >= 0.6 is 0 Å². The highest BCUT2D eigenvalue weighted by Crippen LogP contribution is 2.32. The van der Waals surface area contributed by atoms with Crippen LogP contribution < -0.4 is 9.64 Å². The number of aryl methyl sites for hydroxylation is 1. The fraction of sp³-hybridized carbons (Fsp3) is 0.400. The molecule has 1 fully saturated rings. The maximum atomic E-state index is 13.1. The summed E-state index contributed by atoms with van der Waals surface area (Å²) >= 11 is 0. The van der Waals surface area contributed by atoms with Gasteiger partial charge in [0.2, 0.25) is 20.9 Å². The van der Waals surface area contributed by atoms with Crippen LogP contribution in [0.1, 0.15) is 54.4 Å². The number of rotatable bonds is 10.